The molecule has 0 atom stereocenters. The molecule has 0 amide bonds. The van der Waals surface area contributed by atoms with Gasteiger partial charge in [0.1, 0.15) is 0 Å². The maximum Gasteiger partial charge on any atom is 0.503 e. The van der Waals surface area contributed by atoms with Gasteiger partial charge in [-0.3, -0.25) is 0 Å². The summed E-state index contributed by atoms with van der Waals surface area (Å²) >= 11 is 0. The summed E-state index contributed by atoms with van der Waals surface area (Å²) in [7, 11) is 0. The number of carboxylic acid groups (broad SMARTS) is 2. The molecule has 0 radical (unpaired) electrons. The molecule has 0 unspecified atom stereocenters. The lowest BCUT2D eigenvalue weighted by atomic mass is 11.5. The molecule has 0 heterocycles. The highest BCUT2D eigenvalue weighted by Crippen LogP contribution is 1.42. The van der Waals surface area contributed by atoms with Crippen molar-refractivity contribution in [2.75, 3.05) is 0 Å². The fourth-order valence-corrected chi connectivity index (χ4v) is 0. The largest absolute Gasteiger partial charge is 0.503 e. The molecule has 0 aliphatic rings. The van der Waals surface area contributed by atoms with Crippen molar-refractivity contribution in [1.82, 2.24) is 0 Å². The minimum absolute atomic E-state index is 0. The molecule has 7 heavy (non-hydrogen) atoms. The third-order valence-electron chi connectivity index (χ3n) is 0. The molecule has 0 aliphatic carbocycles. The van der Waals surface area contributed by atoms with E-state index in [0.29, 0.717) is 0 Å². The van der Waals surface area contributed by atoms with Gasteiger partial charge in [0.25, 0.3) is 0 Å². The Balaban J connectivity index is -0.0000000150. The average Bonchev–Trinajstić information content (AvgIpc) is 0.811. The van der Waals surface area contributed by atoms with E-state index in [-0.39, 0.29) is 51.6 Å². The number of rotatable bonds is 0. The van der Waals surface area contributed by atoms with Crippen LogP contribution in [0.1, 0.15) is 0 Å². The molecule has 4 N–H and O–H groups in total. The zero-order chi connectivity index (χ0) is 3.58. The van der Waals surface area contributed by atoms with Gasteiger partial charge in [0.05, 0.1) is 0 Å². The molecule has 6 heteroatoms. The molecular formula is CH8Mg2O4. The topological polar surface area (TPSA) is 89.0 Å². The zero-order valence-corrected chi connectivity index (χ0v) is 2.30. The van der Waals surface area contributed by atoms with E-state index in [1.165, 1.54) is 0 Å². The Hall–Kier alpha value is 0.762. The molecule has 0 saturated heterocycles. The van der Waals surface area contributed by atoms with E-state index in [0.717, 1.165) is 0 Å². The van der Waals surface area contributed by atoms with Crippen LogP contribution in [-0.2, 0) is 0 Å². The first kappa shape index (κ1) is 25.1. The Kier molecular flexibility index (Phi) is 56.8. The maximum absolute atomic E-state index is 8.56. The molecular weight excluding hydrogens is 125 g/mol. The van der Waals surface area contributed by atoms with Gasteiger partial charge in [0.2, 0.25) is 0 Å². The predicted molar refractivity (Wildman–Crippen MR) is 31.4 cm³/mol. The van der Waals surface area contributed by atoms with Gasteiger partial charge in [0.15, 0.2) is 0 Å². The lowest BCUT2D eigenvalue weighted by Gasteiger charge is -1.60. The van der Waals surface area contributed by atoms with Gasteiger partial charge >= 0.3 is 52.3 Å². The van der Waals surface area contributed by atoms with Crippen LogP contribution in [-0.4, -0.2) is 68.0 Å². The van der Waals surface area contributed by atoms with Gasteiger partial charge in [-0.25, -0.2) is 4.79 Å². The molecule has 40 valence electrons. The van der Waals surface area contributed by atoms with Gasteiger partial charge in [-0.05, 0) is 0 Å². The van der Waals surface area contributed by atoms with Crippen molar-refractivity contribution in [3.8, 4) is 0 Å². The Labute approximate surface area is 72.5 Å². The van der Waals surface area contributed by atoms with E-state index >= 15 is 0 Å². The van der Waals surface area contributed by atoms with E-state index < -0.39 is 6.16 Å². The van der Waals surface area contributed by atoms with Gasteiger partial charge in [-0.15, -0.1) is 0 Å². The minimum Gasteiger partial charge on any atom is -0.450 e. The van der Waals surface area contributed by atoms with Crippen molar-refractivity contribution >= 4 is 52.3 Å². The monoisotopic (exact) mass is 132 g/mol. The van der Waals surface area contributed by atoms with Crippen molar-refractivity contribution < 1.29 is 20.5 Å². The van der Waals surface area contributed by atoms with Crippen LogP contribution in [0.15, 0.2) is 0 Å². The van der Waals surface area contributed by atoms with E-state index in [9.17, 15) is 0 Å². The smallest absolute Gasteiger partial charge is 0.450 e. The summed E-state index contributed by atoms with van der Waals surface area (Å²) in [6.45, 7) is 0. The summed E-state index contributed by atoms with van der Waals surface area (Å²) in [5.41, 5.74) is 0. The van der Waals surface area contributed by atoms with Crippen LogP contribution in [0.2, 0.25) is 0 Å². The van der Waals surface area contributed by atoms with Crippen LogP contribution in [0, 0.1) is 0 Å². The molecule has 0 aliphatic heterocycles. The highest BCUT2D eigenvalue weighted by molar-refractivity contribution is 5.76. The third kappa shape index (κ3) is 264. The predicted octanol–water partition coefficient (Wildman–Crippen LogP) is -2.43. The SMILES string of the molecule is O.O=C(O)O.[MgH2].[MgH2]. The second-order valence-corrected chi connectivity index (χ2v) is 0.283. The normalized spacial score (nSPS) is 3.43. The van der Waals surface area contributed by atoms with Crippen molar-refractivity contribution in [3.05, 3.63) is 0 Å². The first-order valence-electron chi connectivity index (χ1n) is 0.651. The zero-order valence-electron chi connectivity index (χ0n) is 2.30. The Bertz CT molecular complexity index is 32.7. The fourth-order valence-electron chi connectivity index (χ4n) is 0. The molecule has 0 bridgehead atoms. The number of carbonyl (C=O) groups is 1. The highest BCUT2D eigenvalue weighted by atomic mass is 24.3. The maximum atomic E-state index is 8.56. The van der Waals surface area contributed by atoms with E-state index in [1.54, 1.807) is 0 Å². The van der Waals surface area contributed by atoms with Crippen LogP contribution in [0.25, 0.3) is 0 Å². The van der Waals surface area contributed by atoms with Crippen molar-refractivity contribution in [3.63, 3.8) is 0 Å². The van der Waals surface area contributed by atoms with Crippen molar-refractivity contribution in [2.24, 2.45) is 0 Å². The van der Waals surface area contributed by atoms with Gasteiger partial charge in [-0.1, -0.05) is 0 Å². The van der Waals surface area contributed by atoms with Crippen LogP contribution < -0.4 is 0 Å². The fraction of sp³-hybridized carbons (Fsp3) is 0. The van der Waals surface area contributed by atoms with E-state index in [4.69, 9.17) is 15.0 Å². The summed E-state index contributed by atoms with van der Waals surface area (Å²) in [4.78, 5) is 8.56. The Morgan fingerprint density at radius 2 is 1.14 bits per heavy atom. The first-order chi connectivity index (χ1) is 1.73. The van der Waals surface area contributed by atoms with Crippen LogP contribution >= 0.6 is 0 Å². The molecule has 0 aromatic rings. The molecule has 0 spiro atoms. The molecule has 0 aromatic heterocycles. The lowest BCUT2D eigenvalue weighted by Crippen LogP contribution is -1.81. The van der Waals surface area contributed by atoms with Crippen LogP contribution in [0.4, 0.5) is 4.79 Å². The minimum atomic E-state index is -1.83. The first-order valence-corrected chi connectivity index (χ1v) is 0.651. The van der Waals surface area contributed by atoms with Crippen molar-refractivity contribution in [1.29, 1.82) is 0 Å². The molecule has 4 nitrogen and oxygen atoms in total. The van der Waals surface area contributed by atoms with E-state index in [1.807, 2.05) is 0 Å². The summed E-state index contributed by atoms with van der Waals surface area (Å²) in [5, 5.41) is 13.9. The van der Waals surface area contributed by atoms with Gasteiger partial charge in [0, 0.05) is 0 Å². The second-order valence-electron chi connectivity index (χ2n) is 0.283. The highest BCUT2D eigenvalue weighted by Gasteiger charge is 1.70. The van der Waals surface area contributed by atoms with Crippen molar-refractivity contribution in [2.45, 2.75) is 0 Å². The van der Waals surface area contributed by atoms with Gasteiger partial charge < -0.3 is 15.7 Å². The Morgan fingerprint density at radius 1 is 1.14 bits per heavy atom. The Morgan fingerprint density at radius 3 is 1.14 bits per heavy atom. The average molecular weight is 133 g/mol. The summed E-state index contributed by atoms with van der Waals surface area (Å²) < 4.78 is 0. The van der Waals surface area contributed by atoms with Crippen LogP contribution in [0.3, 0.4) is 0 Å². The summed E-state index contributed by atoms with van der Waals surface area (Å²) in [5.74, 6) is 0. The standard InChI is InChI=1S/CH2O3.2Mg.H2O.4H/c2-1(3)4;;;;;;;/h(H2,2,3,4);;;1H2;;;;. The molecule has 0 aromatic carbocycles. The second kappa shape index (κ2) is 15.9. The molecule has 0 fully saturated rings. The molecule has 0 rings (SSSR count). The molecule has 0 saturated carbocycles. The third-order valence-corrected chi connectivity index (χ3v) is 0. The van der Waals surface area contributed by atoms with E-state index in [2.05, 4.69) is 0 Å². The summed E-state index contributed by atoms with van der Waals surface area (Å²) in [6, 6.07) is 0. The number of hydrogen-bond acceptors (Lipinski definition) is 1. The quantitative estimate of drug-likeness (QED) is 0.359. The number of hydrogen-bond donors (Lipinski definition) is 2. The summed E-state index contributed by atoms with van der Waals surface area (Å²) in [6.07, 6.45) is -1.83. The van der Waals surface area contributed by atoms with Crippen LogP contribution in [0.5, 0.6) is 0 Å². The van der Waals surface area contributed by atoms with Gasteiger partial charge in [-0.2, -0.15) is 0 Å². The lowest BCUT2D eigenvalue weighted by molar-refractivity contribution is 0.137.